The Hall–Kier alpha value is -2.79. The second kappa shape index (κ2) is 9.06. The van der Waals surface area contributed by atoms with Crippen LogP contribution in [0.15, 0.2) is 54.6 Å². The molecule has 0 bridgehead atoms. The van der Waals surface area contributed by atoms with Crippen molar-refractivity contribution in [2.24, 2.45) is 5.92 Å². The predicted molar refractivity (Wildman–Crippen MR) is 103 cm³/mol. The van der Waals surface area contributed by atoms with Crippen LogP contribution in [-0.2, 0) is 4.79 Å². The van der Waals surface area contributed by atoms with Crippen LogP contribution in [0.2, 0.25) is 0 Å². The highest BCUT2D eigenvalue weighted by atomic mass is 16.5. The normalized spacial score (nSPS) is 15.1. The second-order valence-corrected chi connectivity index (χ2v) is 6.41. The van der Waals surface area contributed by atoms with Gasteiger partial charge in [0.1, 0.15) is 11.5 Å². The molecule has 1 amide bonds. The summed E-state index contributed by atoms with van der Waals surface area (Å²) in [4.78, 5) is 12.1. The quantitative estimate of drug-likeness (QED) is 0.697. The molecule has 5 nitrogen and oxygen atoms in total. The van der Waals surface area contributed by atoms with Crippen molar-refractivity contribution in [3.05, 3.63) is 60.2 Å². The molecule has 136 valence electrons. The Bertz CT molecular complexity index is 767. The summed E-state index contributed by atoms with van der Waals surface area (Å²) in [5.74, 6) is 1.22. The first-order chi connectivity index (χ1) is 12.7. The van der Waals surface area contributed by atoms with E-state index < -0.39 is 0 Å². The van der Waals surface area contributed by atoms with Gasteiger partial charge in [-0.25, -0.2) is 0 Å². The fourth-order valence-corrected chi connectivity index (χ4v) is 2.90. The number of amides is 1. The zero-order chi connectivity index (χ0) is 18.2. The largest absolute Gasteiger partial charge is 0.507 e. The van der Waals surface area contributed by atoms with E-state index in [9.17, 15) is 9.90 Å². The van der Waals surface area contributed by atoms with Gasteiger partial charge in [0.15, 0.2) is 0 Å². The Labute approximate surface area is 153 Å². The fourth-order valence-electron chi connectivity index (χ4n) is 2.90. The van der Waals surface area contributed by atoms with Gasteiger partial charge in [0.2, 0.25) is 5.91 Å². The molecule has 1 fully saturated rings. The summed E-state index contributed by atoms with van der Waals surface area (Å²) in [6.07, 6.45) is 5.25. The van der Waals surface area contributed by atoms with Crippen molar-refractivity contribution in [3.63, 3.8) is 0 Å². The average Bonchev–Trinajstić information content (AvgIpc) is 2.67. The highest BCUT2D eigenvalue weighted by molar-refractivity contribution is 6.02. The van der Waals surface area contributed by atoms with Gasteiger partial charge in [-0.3, -0.25) is 4.79 Å². The number of para-hydroxylation sites is 1. The lowest BCUT2D eigenvalue weighted by molar-refractivity contribution is -0.111. The summed E-state index contributed by atoms with van der Waals surface area (Å²) >= 11 is 0. The van der Waals surface area contributed by atoms with Gasteiger partial charge in [0.05, 0.1) is 6.61 Å². The number of nitrogens with one attached hydrogen (secondary N) is 2. The van der Waals surface area contributed by atoms with Crippen molar-refractivity contribution in [3.8, 4) is 11.5 Å². The van der Waals surface area contributed by atoms with Crippen LogP contribution in [0.3, 0.4) is 0 Å². The Morgan fingerprint density at radius 2 is 2.00 bits per heavy atom. The number of carbonyl (C=O) groups excluding carboxylic acids is 1. The highest BCUT2D eigenvalue weighted by Gasteiger charge is 2.13. The lowest BCUT2D eigenvalue weighted by atomic mass is 9.99. The molecule has 0 radical (unpaired) electrons. The minimum absolute atomic E-state index is 0.143. The summed E-state index contributed by atoms with van der Waals surface area (Å²) in [5, 5.41) is 15.9. The highest BCUT2D eigenvalue weighted by Crippen LogP contribution is 2.21. The number of phenols is 1. The molecule has 3 N–H and O–H groups in total. The Morgan fingerprint density at radius 3 is 2.81 bits per heavy atom. The predicted octanol–water partition coefficient (Wildman–Crippen LogP) is 3.42. The average molecular weight is 352 g/mol. The monoisotopic (exact) mass is 352 g/mol. The maximum atomic E-state index is 12.1. The number of rotatable bonds is 6. The van der Waals surface area contributed by atoms with Gasteiger partial charge in [0, 0.05) is 23.4 Å². The lowest BCUT2D eigenvalue weighted by Gasteiger charge is -2.22. The lowest BCUT2D eigenvalue weighted by Crippen LogP contribution is -2.30. The number of anilines is 1. The molecular formula is C21H24N2O3. The topological polar surface area (TPSA) is 70.6 Å². The molecule has 1 saturated heterocycles. The molecule has 26 heavy (non-hydrogen) atoms. The number of piperidine rings is 1. The molecular weight excluding hydrogens is 328 g/mol. The number of phenolic OH excluding ortho intramolecular Hbond substituents is 1. The van der Waals surface area contributed by atoms with Gasteiger partial charge in [-0.15, -0.1) is 0 Å². The molecule has 0 saturated carbocycles. The van der Waals surface area contributed by atoms with Crippen LogP contribution in [0, 0.1) is 5.92 Å². The van der Waals surface area contributed by atoms with Crippen LogP contribution >= 0.6 is 0 Å². The number of aromatic hydroxyl groups is 1. The van der Waals surface area contributed by atoms with E-state index in [4.69, 9.17) is 4.74 Å². The number of carbonyl (C=O) groups is 1. The van der Waals surface area contributed by atoms with E-state index in [2.05, 4.69) is 10.6 Å². The number of hydrogen-bond acceptors (Lipinski definition) is 4. The zero-order valence-electron chi connectivity index (χ0n) is 14.7. The standard InChI is InChI=1S/C21H24N2O3/c24-20-7-2-1-4-17(20)8-9-21(25)23-18-5-3-6-19(14-18)26-15-16-10-12-22-13-11-16/h1-9,14,16,22,24H,10-13,15H2,(H,23,25)/b9-8+. The molecule has 0 unspecified atom stereocenters. The fraction of sp³-hybridized carbons (Fsp3) is 0.286. The SMILES string of the molecule is O=C(/C=C/c1ccccc1O)Nc1cccc(OCC2CCNCC2)c1. The number of ether oxygens (including phenoxy) is 1. The molecule has 1 heterocycles. The van der Waals surface area contributed by atoms with Crippen LogP contribution in [0.5, 0.6) is 11.5 Å². The third-order valence-corrected chi connectivity index (χ3v) is 4.40. The Kier molecular flexibility index (Phi) is 6.28. The number of hydrogen-bond donors (Lipinski definition) is 3. The van der Waals surface area contributed by atoms with E-state index in [0.717, 1.165) is 31.7 Å². The van der Waals surface area contributed by atoms with E-state index >= 15 is 0 Å². The smallest absolute Gasteiger partial charge is 0.248 e. The van der Waals surface area contributed by atoms with Crippen LogP contribution in [0.1, 0.15) is 18.4 Å². The number of benzene rings is 2. The second-order valence-electron chi connectivity index (χ2n) is 6.41. The first-order valence-corrected chi connectivity index (χ1v) is 8.91. The van der Waals surface area contributed by atoms with Crippen molar-refractivity contribution in [1.29, 1.82) is 0 Å². The van der Waals surface area contributed by atoms with E-state index in [1.807, 2.05) is 24.3 Å². The van der Waals surface area contributed by atoms with Crippen LogP contribution in [0.4, 0.5) is 5.69 Å². The van der Waals surface area contributed by atoms with Gasteiger partial charge < -0.3 is 20.5 Å². The molecule has 0 spiro atoms. The maximum absolute atomic E-state index is 12.1. The minimum atomic E-state index is -0.260. The molecule has 2 aromatic carbocycles. The van der Waals surface area contributed by atoms with Gasteiger partial charge in [0.25, 0.3) is 0 Å². The van der Waals surface area contributed by atoms with Crippen molar-refractivity contribution in [2.45, 2.75) is 12.8 Å². The van der Waals surface area contributed by atoms with Gasteiger partial charge in [-0.2, -0.15) is 0 Å². The molecule has 0 atom stereocenters. The Balaban J connectivity index is 1.54. The van der Waals surface area contributed by atoms with Crippen molar-refractivity contribution >= 4 is 17.7 Å². The molecule has 3 rings (SSSR count). The van der Waals surface area contributed by atoms with Gasteiger partial charge in [-0.1, -0.05) is 24.3 Å². The Morgan fingerprint density at radius 1 is 1.19 bits per heavy atom. The first-order valence-electron chi connectivity index (χ1n) is 8.91. The third-order valence-electron chi connectivity index (χ3n) is 4.40. The minimum Gasteiger partial charge on any atom is -0.507 e. The summed E-state index contributed by atoms with van der Waals surface area (Å²) in [7, 11) is 0. The van der Waals surface area contributed by atoms with Crippen LogP contribution in [0.25, 0.3) is 6.08 Å². The molecule has 5 heteroatoms. The van der Waals surface area contributed by atoms with Gasteiger partial charge in [-0.05, 0) is 56.1 Å². The van der Waals surface area contributed by atoms with E-state index in [-0.39, 0.29) is 11.7 Å². The molecule has 1 aliphatic rings. The summed E-state index contributed by atoms with van der Waals surface area (Å²) in [5.41, 5.74) is 1.28. The van der Waals surface area contributed by atoms with Crippen LogP contribution < -0.4 is 15.4 Å². The molecule has 0 aromatic heterocycles. The van der Waals surface area contributed by atoms with E-state index in [1.54, 1.807) is 30.3 Å². The molecule has 0 aliphatic carbocycles. The van der Waals surface area contributed by atoms with Crippen molar-refractivity contribution in [1.82, 2.24) is 5.32 Å². The third kappa shape index (κ3) is 5.36. The van der Waals surface area contributed by atoms with E-state index in [0.29, 0.717) is 23.8 Å². The molecule has 1 aliphatic heterocycles. The molecule has 2 aromatic rings. The summed E-state index contributed by atoms with van der Waals surface area (Å²) < 4.78 is 5.88. The summed E-state index contributed by atoms with van der Waals surface area (Å²) in [6, 6.07) is 14.3. The van der Waals surface area contributed by atoms with E-state index in [1.165, 1.54) is 6.08 Å². The zero-order valence-corrected chi connectivity index (χ0v) is 14.7. The van der Waals surface area contributed by atoms with Crippen LogP contribution in [-0.4, -0.2) is 30.7 Å². The summed E-state index contributed by atoms with van der Waals surface area (Å²) in [6.45, 7) is 2.80. The first kappa shape index (κ1) is 18.0. The van der Waals surface area contributed by atoms with Crippen molar-refractivity contribution in [2.75, 3.05) is 25.0 Å². The van der Waals surface area contributed by atoms with Crippen molar-refractivity contribution < 1.29 is 14.6 Å². The van der Waals surface area contributed by atoms with Gasteiger partial charge >= 0.3 is 0 Å². The maximum Gasteiger partial charge on any atom is 0.248 e.